The molecule has 0 fully saturated rings. The van der Waals surface area contributed by atoms with Gasteiger partial charge in [0.2, 0.25) is 0 Å². The standard InChI is InChI=1S/C36H40BrNO6/c1-7-24-36(33(40)42-8-2,34(41)43-9-3)29(27-22-16-17-23-28(27)37)31(32(39)44-35(4,5)6)38-30(25-18-12-10-13-19-25)26-20-14-11-15-21-26/h7,10-23,29,31H,1,8-9,24H2,2-6H3. The molecule has 2 unspecified atom stereocenters. The maximum atomic E-state index is 14.4. The predicted octanol–water partition coefficient (Wildman–Crippen LogP) is 7.47. The smallest absolute Gasteiger partial charge is 0.332 e. The molecule has 8 heteroatoms. The topological polar surface area (TPSA) is 91.3 Å². The van der Waals surface area contributed by atoms with Crippen LogP contribution in [-0.2, 0) is 28.6 Å². The van der Waals surface area contributed by atoms with Gasteiger partial charge in [0.15, 0.2) is 11.5 Å². The molecule has 7 nitrogen and oxygen atoms in total. The second kappa shape index (κ2) is 15.6. The van der Waals surface area contributed by atoms with Crippen LogP contribution in [0.3, 0.4) is 0 Å². The van der Waals surface area contributed by atoms with Gasteiger partial charge in [-0.25, -0.2) is 4.79 Å². The molecule has 0 amide bonds. The van der Waals surface area contributed by atoms with Gasteiger partial charge < -0.3 is 14.2 Å². The Labute approximate surface area is 268 Å². The number of carbonyl (C=O) groups excluding carboxylic acids is 3. The molecule has 3 aromatic rings. The van der Waals surface area contributed by atoms with Crippen LogP contribution >= 0.6 is 15.9 Å². The summed E-state index contributed by atoms with van der Waals surface area (Å²) in [6.07, 6.45) is 1.28. The van der Waals surface area contributed by atoms with Crippen molar-refractivity contribution in [1.29, 1.82) is 0 Å². The Balaban J connectivity index is 2.54. The van der Waals surface area contributed by atoms with Gasteiger partial charge in [-0.15, -0.1) is 6.58 Å². The van der Waals surface area contributed by atoms with E-state index >= 15 is 0 Å². The highest BCUT2D eigenvalue weighted by Crippen LogP contribution is 2.48. The first-order valence-corrected chi connectivity index (χ1v) is 15.4. The summed E-state index contributed by atoms with van der Waals surface area (Å²) in [5, 5.41) is 0. The number of benzene rings is 3. The van der Waals surface area contributed by atoms with Gasteiger partial charge in [-0.2, -0.15) is 0 Å². The van der Waals surface area contributed by atoms with Crippen molar-refractivity contribution in [2.45, 2.75) is 58.6 Å². The first kappa shape index (κ1) is 34.5. The van der Waals surface area contributed by atoms with Gasteiger partial charge >= 0.3 is 17.9 Å². The molecule has 0 radical (unpaired) electrons. The fourth-order valence-corrected chi connectivity index (χ4v) is 5.61. The Kier molecular flexibility index (Phi) is 12.2. The molecule has 0 bridgehead atoms. The molecule has 3 rings (SSSR count). The molecular formula is C36H40BrNO6. The van der Waals surface area contributed by atoms with E-state index in [9.17, 15) is 14.4 Å². The van der Waals surface area contributed by atoms with Crippen LogP contribution in [0.25, 0.3) is 0 Å². The summed E-state index contributed by atoms with van der Waals surface area (Å²) in [5.74, 6) is -3.64. The van der Waals surface area contributed by atoms with Crippen molar-refractivity contribution in [1.82, 2.24) is 0 Å². The summed E-state index contributed by atoms with van der Waals surface area (Å²) >= 11 is 3.62. The van der Waals surface area contributed by atoms with Gasteiger partial charge in [0.1, 0.15) is 5.60 Å². The average molecular weight is 663 g/mol. The fraction of sp³-hybridized carbons (Fsp3) is 0.333. The number of rotatable bonds is 13. The number of esters is 3. The highest BCUT2D eigenvalue weighted by atomic mass is 79.9. The number of allylic oxidation sites excluding steroid dienone is 1. The molecule has 3 aromatic carbocycles. The lowest BCUT2D eigenvalue weighted by molar-refractivity contribution is -0.176. The van der Waals surface area contributed by atoms with E-state index in [0.29, 0.717) is 15.7 Å². The van der Waals surface area contributed by atoms with Gasteiger partial charge in [0.05, 0.1) is 18.9 Å². The van der Waals surface area contributed by atoms with Gasteiger partial charge in [-0.1, -0.05) is 101 Å². The van der Waals surface area contributed by atoms with E-state index in [2.05, 4.69) is 22.5 Å². The molecule has 0 saturated heterocycles. The second-order valence-electron chi connectivity index (χ2n) is 11.1. The van der Waals surface area contributed by atoms with Crippen LogP contribution in [0.2, 0.25) is 0 Å². The summed E-state index contributed by atoms with van der Waals surface area (Å²) in [4.78, 5) is 47.8. The zero-order chi connectivity index (χ0) is 32.3. The van der Waals surface area contributed by atoms with Crippen molar-refractivity contribution in [3.63, 3.8) is 0 Å². The lowest BCUT2D eigenvalue weighted by Crippen LogP contribution is -2.52. The Morgan fingerprint density at radius 1 is 0.818 bits per heavy atom. The molecule has 2 atom stereocenters. The monoisotopic (exact) mass is 661 g/mol. The minimum absolute atomic E-state index is 0.000532. The highest BCUT2D eigenvalue weighted by Gasteiger charge is 2.59. The minimum atomic E-state index is -2.04. The van der Waals surface area contributed by atoms with Crippen LogP contribution in [0.1, 0.15) is 63.6 Å². The number of hydrogen-bond donors (Lipinski definition) is 0. The molecule has 0 aromatic heterocycles. The van der Waals surface area contributed by atoms with Crippen LogP contribution in [0.5, 0.6) is 0 Å². The van der Waals surface area contributed by atoms with Gasteiger partial charge in [0, 0.05) is 21.5 Å². The van der Waals surface area contributed by atoms with Gasteiger partial charge in [-0.3, -0.25) is 14.6 Å². The molecule has 232 valence electrons. The van der Waals surface area contributed by atoms with Crippen molar-refractivity contribution in [3.8, 4) is 0 Å². The van der Waals surface area contributed by atoms with Crippen LogP contribution < -0.4 is 0 Å². The Morgan fingerprint density at radius 3 is 1.73 bits per heavy atom. The lowest BCUT2D eigenvalue weighted by Gasteiger charge is -2.39. The average Bonchev–Trinajstić information content (AvgIpc) is 2.99. The molecule has 0 N–H and O–H groups in total. The molecule has 0 aliphatic rings. The third-order valence-electron chi connectivity index (χ3n) is 6.84. The van der Waals surface area contributed by atoms with E-state index in [1.807, 2.05) is 60.7 Å². The summed E-state index contributed by atoms with van der Waals surface area (Å²) in [6, 6.07) is 24.5. The Morgan fingerprint density at radius 2 is 1.30 bits per heavy atom. The minimum Gasteiger partial charge on any atom is -0.465 e. The van der Waals surface area contributed by atoms with Crippen LogP contribution in [0, 0.1) is 5.41 Å². The normalized spacial score (nSPS) is 12.8. The Bertz CT molecular complexity index is 1400. The SMILES string of the molecule is C=CCC(C(=O)OCC)(C(=O)OCC)C(c1ccccc1Br)C(N=C(c1ccccc1)c1ccccc1)C(=O)OC(C)(C)C. The van der Waals surface area contributed by atoms with Crippen molar-refractivity contribution in [3.05, 3.63) is 119 Å². The summed E-state index contributed by atoms with van der Waals surface area (Å²) < 4.78 is 17.7. The third kappa shape index (κ3) is 8.11. The van der Waals surface area contributed by atoms with Crippen LogP contribution in [0.15, 0.2) is 107 Å². The molecule has 0 heterocycles. The van der Waals surface area contributed by atoms with Crippen molar-refractivity contribution in [2.24, 2.45) is 10.4 Å². The molecular weight excluding hydrogens is 622 g/mol. The van der Waals surface area contributed by atoms with E-state index in [1.54, 1.807) is 58.9 Å². The van der Waals surface area contributed by atoms with Gasteiger partial charge in [0.25, 0.3) is 0 Å². The van der Waals surface area contributed by atoms with Gasteiger partial charge in [-0.05, 0) is 52.7 Å². The summed E-state index contributed by atoms with van der Waals surface area (Å²) in [6.45, 7) is 12.4. The highest BCUT2D eigenvalue weighted by molar-refractivity contribution is 9.10. The fourth-order valence-electron chi connectivity index (χ4n) is 5.08. The maximum absolute atomic E-state index is 14.4. The van der Waals surface area contributed by atoms with Crippen molar-refractivity contribution < 1.29 is 28.6 Å². The van der Waals surface area contributed by atoms with Crippen molar-refractivity contribution >= 4 is 39.5 Å². The third-order valence-corrected chi connectivity index (χ3v) is 7.57. The first-order chi connectivity index (χ1) is 21.0. The molecule has 0 aliphatic carbocycles. The van der Waals surface area contributed by atoms with E-state index in [-0.39, 0.29) is 19.6 Å². The quantitative estimate of drug-likeness (QED) is 0.0620. The summed E-state index contributed by atoms with van der Waals surface area (Å²) in [5.41, 5.74) is -0.506. The largest absolute Gasteiger partial charge is 0.465 e. The summed E-state index contributed by atoms with van der Waals surface area (Å²) in [7, 11) is 0. The number of nitrogens with zero attached hydrogens (tertiary/aromatic N) is 1. The molecule has 44 heavy (non-hydrogen) atoms. The maximum Gasteiger partial charge on any atom is 0.332 e. The van der Waals surface area contributed by atoms with Crippen LogP contribution in [0.4, 0.5) is 0 Å². The van der Waals surface area contributed by atoms with E-state index in [1.165, 1.54) is 6.08 Å². The number of ether oxygens (including phenoxy) is 3. The zero-order valence-electron chi connectivity index (χ0n) is 25.9. The Hall–Kier alpha value is -4.04. The van der Waals surface area contributed by atoms with E-state index in [4.69, 9.17) is 19.2 Å². The van der Waals surface area contributed by atoms with Crippen molar-refractivity contribution in [2.75, 3.05) is 13.2 Å². The molecule has 0 saturated carbocycles. The van der Waals surface area contributed by atoms with Crippen LogP contribution in [-0.4, -0.2) is 48.5 Å². The molecule has 0 spiro atoms. The second-order valence-corrected chi connectivity index (χ2v) is 11.9. The number of halogens is 1. The predicted molar refractivity (Wildman–Crippen MR) is 176 cm³/mol. The van der Waals surface area contributed by atoms with E-state index < -0.39 is 40.9 Å². The number of hydrogen-bond acceptors (Lipinski definition) is 7. The first-order valence-electron chi connectivity index (χ1n) is 14.6. The number of aliphatic imine (C=N–C) groups is 1. The molecule has 0 aliphatic heterocycles. The lowest BCUT2D eigenvalue weighted by atomic mass is 9.66. The van der Waals surface area contributed by atoms with E-state index in [0.717, 1.165) is 11.1 Å². The zero-order valence-corrected chi connectivity index (χ0v) is 27.5. The number of carbonyl (C=O) groups is 3.